The van der Waals surface area contributed by atoms with Gasteiger partial charge in [-0.1, -0.05) is 12.1 Å². The normalized spacial score (nSPS) is 10.7. The molecule has 0 aliphatic rings. The van der Waals surface area contributed by atoms with Crippen molar-refractivity contribution < 1.29 is 9.47 Å². The Morgan fingerprint density at radius 1 is 1.05 bits per heavy atom. The first kappa shape index (κ1) is 14.6. The molecule has 1 heterocycles. The lowest BCUT2D eigenvalue weighted by atomic mass is 10.2. The Labute approximate surface area is 120 Å². The molecule has 2 aromatic rings. The first-order chi connectivity index (χ1) is 9.81. The van der Waals surface area contributed by atoms with E-state index < -0.39 is 0 Å². The van der Waals surface area contributed by atoms with Crippen LogP contribution in [0.3, 0.4) is 0 Å². The van der Waals surface area contributed by atoms with E-state index in [1.807, 2.05) is 12.1 Å². The molecule has 0 unspecified atom stereocenters. The van der Waals surface area contributed by atoms with Crippen LogP contribution in [0.1, 0.15) is 11.1 Å². The minimum Gasteiger partial charge on any atom is -0.497 e. The van der Waals surface area contributed by atoms with Crippen LogP contribution in [0.2, 0.25) is 0 Å². The van der Waals surface area contributed by atoms with E-state index in [1.165, 1.54) is 11.1 Å². The van der Waals surface area contributed by atoms with Crippen LogP contribution in [0.15, 0.2) is 42.7 Å². The standard InChI is InChI=1S/C16H22N2O2/c1-19-10-8-17-11-15-7-9-18(13-15)12-14-3-5-16(20-2)6-4-14/h3-7,9,13,17H,8,10-12H2,1-2H3. The van der Waals surface area contributed by atoms with Crippen molar-refractivity contribution in [1.82, 2.24) is 9.88 Å². The quantitative estimate of drug-likeness (QED) is 0.750. The molecular weight excluding hydrogens is 252 g/mol. The summed E-state index contributed by atoms with van der Waals surface area (Å²) in [6.45, 7) is 3.37. The number of ether oxygens (including phenoxy) is 2. The molecule has 0 amide bonds. The maximum Gasteiger partial charge on any atom is 0.118 e. The van der Waals surface area contributed by atoms with Crippen LogP contribution in [0.25, 0.3) is 0 Å². The third-order valence-corrected chi connectivity index (χ3v) is 3.15. The summed E-state index contributed by atoms with van der Waals surface area (Å²) in [5.74, 6) is 0.893. The van der Waals surface area contributed by atoms with Crippen LogP contribution in [-0.2, 0) is 17.8 Å². The van der Waals surface area contributed by atoms with Crippen LogP contribution >= 0.6 is 0 Å². The Balaban J connectivity index is 1.85. The summed E-state index contributed by atoms with van der Waals surface area (Å²) in [5, 5.41) is 3.34. The number of nitrogens with one attached hydrogen (secondary N) is 1. The summed E-state index contributed by atoms with van der Waals surface area (Å²) < 4.78 is 12.4. The number of nitrogens with zero attached hydrogens (tertiary/aromatic N) is 1. The average molecular weight is 274 g/mol. The molecule has 0 atom stereocenters. The predicted octanol–water partition coefficient (Wildman–Crippen LogP) is 2.28. The zero-order valence-corrected chi connectivity index (χ0v) is 12.1. The number of rotatable bonds is 8. The van der Waals surface area contributed by atoms with Crippen molar-refractivity contribution >= 4 is 0 Å². The molecule has 0 aliphatic heterocycles. The Hall–Kier alpha value is -1.78. The number of benzene rings is 1. The largest absolute Gasteiger partial charge is 0.497 e. The molecule has 4 nitrogen and oxygen atoms in total. The average Bonchev–Trinajstić information content (AvgIpc) is 2.92. The van der Waals surface area contributed by atoms with Gasteiger partial charge in [-0.2, -0.15) is 0 Å². The molecule has 0 aliphatic carbocycles. The second-order valence-electron chi connectivity index (χ2n) is 4.71. The van der Waals surface area contributed by atoms with Crippen molar-refractivity contribution in [3.05, 3.63) is 53.9 Å². The molecule has 2 rings (SSSR count). The van der Waals surface area contributed by atoms with Gasteiger partial charge >= 0.3 is 0 Å². The number of methoxy groups -OCH3 is 2. The lowest BCUT2D eigenvalue weighted by molar-refractivity contribution is 0.199. The number of hydrogen-bond donors (Lipinski definition) is 1. The smallest absolute Gasteiger partial charge is 0.118 e. The highest BCUT2D eigenvalue weighted by Gasteiger charge is 1.99. The maximum absolute atomic E-state index is 5.16. The molecular formula is C16H22N2O2. The fourth-order valence-electron chi connectivity index (χ4n) is 2.04. The van der Waals surface area contributed by atoms with Gasteiger partial charge in [0.1, 0.15) is 5.75 Å². The van der Waals surface area contributed by atoms with Crippen LogP contribution in [0.5, 0.6) is 5.75 Å². The SMILES string of the molecule is COCCNCc1ccn(Cc2ccc(OC)cc2)c1. The highest BCUT2D eigenvalue weighted by Crippen LogP contribution is 2.13. The van der Waals surface area contributed by atoms with E-state index in [9.17, 15) is 0 Å². The van der Waals surface area contributed by atoms with Gasteiger partial charge in [0.25, 0.3) is 0 Å². The molecule has 0 bridgehead atoms. The second kappa shape index (κ2) is 7.72. The first-order valence-corrected chi connectivity index (χ1v) is 6.79. The summed E-state index contributed by atoms with van der Waals surface area (Å²) >= 11 is 0. The van der Waals surface area contributed by atoms with Gasteiger partial charge in [-0.3, -0.25) is 0 Å². The van der Waals surface area contributed by atoms with Crippen molar-refractivity contribution in [2.24, 2.45) is 0 Å². The molecule has 0 saturated carbocycles. The Morgan fingerprint density at radius 2 is 1.85 bits per heavy atom. The molecule has 0 radical (unpaired) electrons. The minimum atomic E-state index is 0.743. The molecule has 1 N–H and O–H groups in total. The number of hydrogen-bond acceptors (Lipinski definition) is 3. The van der Waals surface area contributed by atoms with Crippen molar-refractivity contribution in [3.8, 4) is 5.75 Å². The molecule has 4 heteroatoms. The summed E-state index contributed by atoms with van der Waals surface area (Å²) in [6, 6.07) is 10.3. The zero-order valence-electron chi connectivity index (χ0n) is 12.1. The number of aromatic nitrogens is 1. The highest BCUT2D eigenvalue weighted by atomic mass is 16.5. The van der Waals surface area contributed by atoms with Gasteiger partial charge in [0.05, 0.1) is 13.7 Å². The topological polar surface area (TPSA) is 35.4 Å². The van der Waals surface area contributed by atoms with Gasteiger partial charge in [0.15, 0.2) is 0 Å². The molecule has 0 spiro atoms. The first-order valence-electron chi connectivity index (χ1n) is 6.79. The molecule has 1 aromatic carbocycles. The van der Waals surface area contributed by atoms with Gasteiger partial charge in [-0.25, -0.2) is 0 Å². The second-order valence-corrected chi connectivity index (χ2v) is 4.71. The van der Waals surface area contributed by atoms with Gasteiger partial charge in [0.2, 0.25) is 0 Å². The third kappa shape index (κ3) is 4.40. The van der Waals surface area contributed by atoms with Gasteiger partial charge < -0.3 is 19.4 Å². The summed E-state index contributed by atoms with van der Waals surface area (Å²) in [5.41, 5.74) is 2.55. The van der Waals surface area contributed by atoms with E-state index in [0.29, 0.717) is 0 Å². The summed E-state index contributed by atoms with van der Waals surface area (Å²) in [6.07, 6.45) is 4.28. The van der Waals surface area contributed by atoms with Crippen molar-refractivity contribution in [2.75, 3.05) is 27.4 Å². The summed E-state index contributed by atoms with van der Waals surface area (Å²) in [7, 11) is 3.40. The Kier molecular flexibility index (Phi) is 5.65. The Bertz CT molecular complexity index is 505. The van der Waals surface area contributed by atoms with Crippen LogP contribution in [0, 0.1) is 0 Å². The van der Waals surface area contributed by atoms with E-state index in [-0.39, 0.29) is 0 Å². The van der Waals surface area contributed by atoms with E-state index in [0.717, 1.165) is 32.0 Å². The molecule has 0 saturated heterocycles. The summed E-state index contributed by atoms with van der Waals surface area (Å²) in [4.78, 5) is 0. The van der Waals surface area contributed by atoms with E-state index in [4.69, 9.17) is 9.47 Å². The third-order valence-electron chi connectivity index (χ3n) is 3.15. The van der Waals surface area contributed by atoms with Gasteiger partial charge in [-0.05, 0) is 29.3 Å². The molecule has 108 valence electrons. The van der Waals surface area contributed by atoms with E-state index in [1.54, 1.807) is 14.2 Å². The van der Waals surface area contributed by atoms with Crippen LogP contribution in [-0.4, -0.2) is 31.9 Å². The van der Waals surface area contributed by atoms with Crippen molar-refractivity contribution in [2.45, 2.75) is 13.1 Å². The van der Waals surface area contributed by atoms with E-state index in [2.05, 4.69) is 40.5 Å². The zero-order chi connectivity index (χ0) is 14.2. The maximum atomic E-state index is 5.16. The minimum absolute atomic E-state index is 0.743. The molecule has 1 aromatic heterocycles. The monoisotopic (exact) mass is 274 g/mol. The van der Waals surface area contributed by atoms with E-state index >= 15 is 0 Å². The van der Waals surface area contributed by atoms with Crippen molar-refractivity contribution in [1.29, 1.82) is 0 Å². The van der Waals surface area contributed by atoms with Gasteiger partial charge in [0, 0.05) is 39.1 Å². The molecule has 0 fully saturated rings. The highest BCUT2D eigenvalue weighted by molar-refractivity contribution is 5.27. The fraction of sp³-hybridized carbons (Fsp3) is 0.375. The lowest BCUT2D eigenvalue weighted by Crippen LogP contribution is -2.18. The van der Waals surface area contributed by atoms with Crippen LogP contribution < -0.4 is 10.1 Å². The Morgan fingerprint density at radius 3 is 2.55 bits per heavy atom. The van der Waals surface area contributed by atoms with Gasteiger partial charge in [-0.15, -0.1) is 0 Å². The molecule has 20 heavy (non-hydrogen) atoms. The van der Waals surface area contributed by atoms with Crippen molar-refractivity contribution in [3.63, 3.8) is 0 Å². The predicted molar refractivity (Wildman–Crippen MR) is 80.1 cm³/mol. The lowest BCUT2D eigenvalue weighted by Gasteiger charge is -2.05. The fourth-order valence-corrected chi connectivity index (χ4v) is 2.04. The van der Waals surface area contributed by atoms with Crippen LogP contribution in [0.4, 0.5) is 0 Å².